The minimum Gasteiger partial charge on any atom is -0.453 e. The van der Waals surface area contributed by atoms with Crippen LogP contribution >= 0.6 is 22.9 Å². The highest BCUT2D eigenvalue weighted by molar-refractivity contribution is 7.09. The Kier molecular flexibility index (Phi) is 7.63. The number of likely N-dealkylation sites (tertiary alicyclic amines) is 1. The molecule has 208 valence electrons. The van der Waals surface area contributed by atoms with Gasteiger partial charge in [0.2, 0.25) is 5.91 Å². The fourth-order valence-corrected chi connectivity index (χ4v) is 5.80. The summed E-state index contributed by atoms with van der Waals surface area (Å²) in [6, 6.07) is 11.2. The van der Waals surface area contributed by atoms with E-state index < -0.39 is 41.5 Å². The number of benzene rings is 2. The number of nitrogens with one attached hydrogen (secondary N) is 3. The van der Waals surface area contributed by atoms with Crippen molar-refractivity contribution in [3.63, 3.8) is 0 Å². The van der Waals surface area contributed by atoms with Crippen LogP contribution in [-0.2, 0) is 26.3 Å². The molecule has 3 heterocycles. The first-order chi connectivity index (χ1) is 19.2. The molecule has 13 heteroatoms. The molecule has 3 aromatic rings. The van der Waals surface area contributed by atoms with Crippen molar-refractivity contribution in [2.45, 2.75) is 24.5 Å². The molecule has 1 unspecified atom stereocenters. The van der Waals surface area contributed by atoms with Crippen LogP contribution in [-0.4, -0.2) is 55.1 Å². The number of halogens is 2. The van der Waals surface area contributed by atoms with Crippen LogP contribution in [0.5, 0.6) is 0 Å². The van der Waals surface area contributed by atoms with Crippen molar-refractivity contribution in [3.05, 3.63) is 80.8 Å². The highest BCUT2D eigenvalue weighted by Gasteiger charge is 2.49. The van der Waals surface area contributed by atoms with Gasteiger partial charge in [-0.3, -0.25) is 20.2 Å². The fraction of sp³-hybridized carbons (Fsp3) is 0.259. The van der Waals surface area contributed by atoms with E-state index in [9.17, 15) is 23.6 Å². The largest absolute Gasteiger partial charge is 0.453 e. The third-order valence-electron chi connectivity index (χ3n) is 6.80. The fourth-order valence-electron chi connectivity index (χ4n) is 4.84. The van der Waals surface area contributed by atoms with Gasteiger partial charge in [-0.25, -0.2) is 14.0 Å². The zero-order valence-corrected chi connectivity index (χ0v) is 22.7. The van der Waals surface area contributed by atoms with E-state index in [1.165, 1.54) is 42.3 Å². The highest BCUT2D eigenvalue weighted by atomic mass is 35.5. The molecule has 0 saturated carbocycles. The van der Waals surface area contributed by atoms with Gasteiger partial charge >= 0.3 is 12.2 Å². The molecule has 2 aliphatic heterocycles. The molecular formula is C27H24ClFN4O6S. The normalized spacial score (nSPS) is 18.4. The Morgan fingerprint density at radius 1 is 1.23 bits per heavy atom. The number of hydrogen-bond acceptors (Lipinski definition) is 7. The molecule has 0 radical (unpaired) electrons. The van der Waals surface area contributed by atoms with Gasteiger partial charge in [0.1, 0.15) is 11.9 Å². The Morgan fingerprint density at radius 3 is 2.70 bits per heavy atom. The molecule has 1 aromatic heterocycles. The Balaban J connectivity index is 1.37. The first-order valence-corrected chi connectivity index (χ1v) is 13.5. The molecule has 10 nitrogen and oxygen atoms in total. The molecule has 4 amide bonds. The number of carbonyl (C=O) groups is 4. The van der Waals surface area contributed by atoms with Crippen molar-refractivity contribution in [1.82, 2.24) is 10.2 Å². The first-order valence-electron chi connectivity index (χ1n) is 12.2. The molecule has 40 heavy (non-hydrogen) atoms. The van der Waals surface area contributed by atoms with Gasteiger partial charge in [-0.05, 0) is 53.9 Å². The molecule has 2 aliphatic rings. The Bertz CT molecular complexity index is 1480. The summed E-state index contributed by atoms with van der Waals surface area (Å²) in [6.45, 7) is 0.283. The maximum atomic E-state index is 14.4. The number of rotatable bonds is 6. The van der Waals surface area contributed by atoms with Crippen molar-refractivity contribution in [3.8, 4) is 0 Å². The third-order valence-corrected chi connectivity index (χ3v) is 7.96. The smallest absolute Gasteiger partial charge is 0.412 e. The lowest BCUT2D eigenvalue weighted by Crippen LogP contribution is -2.50. The summed E-state index contributed by atoms with van der Waals surface area (Å²) in [5, 5.41) is 9.90. The van der Waals surface area contributed by atoms with Crippen molar-refractivity contribution in [2.24, 2.45) is 0 Å². The average molecular weight is 587 g/mol. The number of nitrogens with zero attached hydrogens (tertiary/aromatic N) is 1. The van der Waals surface area contributed by atoms with E-state index >= 15 is 0 Å². The van der Waals surface area contributed by atoms with E-state index in [0.717, 1.165) is 11.3 Å². The van der Waals surface area contributed by atoms with E-state index in [-0.39, 0.29) is 25.1 Å². The molecule has 0 aliphatic carbocycles. The van der Waals surface area contributed by atoms with Crippen LogP contribution in [0.15, 0.2) is 53.9 Å². The predicted molar refractivity (Wildman–Crippen MR) is 146 cm³/mol. The summed E-state index contributed by atoms with van der Waals surface area (Å²) >= 11 is 7.36. The molecule has 5 rings (SSSR count). The molecule has 1 saturated heterocycles. The maximum Gasteiger partial charge on any atom is 0.412 e. The summed E-state index contributed by atoms with van der Waals surface area (Å²) in [5.41, 5.74) is 0.735. The number of anilines is 2. The summed E-state index contributed by atoms with van der Waals surface area (Å²) in [6.07, 6.45) is -1.04. The van der Waals surface area contributed by atoms with Crippen LogP contribution in [0.2, 0.25) is 5.02 Å². The van der Waals surface area contributed by atoms with Crippen molar-refractivity contribution in [1.29, 1.82) is 0 Å². The summed E-state index contributed by atoms with van der Waals surface area (Å²) < 4.78 is 24.6. The number of fused-ring (bicyclic) bond motifs is 2. The lowest BCUT2D eigenvalue weighted by molar-refractivity contribution is -0.133. The lowest BCUT2D eigenvalue weighted by atomic mass is 9.90. The summed E-state index contributed by atoms with van der Waals surface area (Å²) in [4.78, 5) is 52.5. The van der Waals surface area contributed by atoms with E-state index in [1.54, 1.807) is 23.6 Å². The number of thiophene rings is 1. The second-order valence-electron chi connectivity index (χ2n) is 9.32. The molecule has 0 bridgehead atoms. The van der Waals surface area contributed by atoms with Crippen molar-refractivity contribution in [2.75, 3.05) is 30.8 Å². The maximum absolute atomic E-state index is 14.4. The number of carbonyl (C=O) groups excluding carboxylic acids is 4. The standard InChI is InChI=1S/C27H24ClFN4O6S/c1-38-25(36)30-17-5-2-15(3-6-17)23(34)31-21(13-22-19(29)8-11-40-22)24(35)33-10-9-27(14-33)18-12-16(28)4-7-20(18)32-26(37)39-27/h2-8,11-12,21H,9-10,13-14H2,1H3,(H,30,36)(H,31,34)(H,32,37)/t21-,27?/m0/s1. The van der Waals surface area contributed by atoms with Crippen LogP contribution in [0, 0.1) is 5.82 Å². The average Bonchev–Trinajstić information content (AvgIpc) is 3.55. The molecule has 1 fully saturated rings. The van der Waals surface area contributed by atoms with E-state index in [4.69, 9.17) is 16.3 Å². The van der Waals surface area contributed by atoms with Gasteiger partial charge < -0.3 is 19.7 Å². The molecule has 3 N–H and O–H groups in total. The van der Waals surface area contributed by atoms with Crippen LogP contribution in [0.4, 0.5) is 25.4 Å². The summed E-state index contributed by atoms with van der Waals surface area (Å²) in [7, 11) is 1.23. The number of methoxy groups -OCH3 is 1. The topological polar surface area (TPSA) is 126 Å². The van der Waals surface area contributed by atoms with Gasteiger partial charge in [-0.2, -0.15) is 0 Å². The third kappa shape index (κ3) is 5.58. The second-order valence-corrected chi connectivity index (χ2v) is 10.8. The van der Waals surface area contributed by atoms with Crippen molar-refractivity contribution >= 4 is 58.3 Å². The Hall–Kier alpha value is -4.16. The SMILES string of the molecule is COC(=O)Nc1ccc(C(=O)N[C@@H](Cc2sccc2F)C(=O)N2CCC3(C2)OC(=O)Nc2ccc(Cl)cc23)cc1. The molecule has 2 aromatic carbocycles. The highest BCUT2D eigenvalue weighted by Crippen LogP contribution is 2.44. The number of hydrogen-bond donors (Lipinski definition) is 3. The molecule has 1 spiro atoms. The predicted octanol–water partition coefficient (Wildman–Crippen LogP) is 4.75. The van der Waals surface area contributed by atoms with Gasteiger partial charge in [0.15, 0.2) is 5.60 Å². The van der Waals surface area contributed by atoms with Gasteiger partial charge in [0.05, 0.1) is 19.3 Å². The Labute approximate surface area is 237 Å². The van der Waals surface area contributed by atoms with Crippen LogP contribution in [0.1, 0.15) is 27.2 Å². The van der Waals surface area contributed by atoms with Crippen LogP contribution in [0.25, 0.3) is 0 Å². The summed E-state index contributed by atoms with van der Waals surface area (Å²) in [5.74, 6) is -1.47. The minimum atomic E-state index is -1.11. The van der Waals surface area contributed by atoms with E-state index in [2.05, 4.69) is 20.7 Å². The minimum absolute atomic E-state index is 0.0415. The van der Waals surface area contributed by atoms with Gasteiger partial charge in [0.25, 0.3) is 5.91 Å². The Morgan fingerprint density at radius 2 is 2.00 bits per heavy atom. The zero-order chi connectivity index (χ0) is 28.4. The molecular weight excluding hydrogens is 563 g/mol. The van der Waals surface area contributed by atoms with Crippen molar-refractivity contribution < 1.29 is 33.0 Å². The first kappa shape index (κ1) is 27.4. The second kappa shape index (κ2) is 11.1. The van der Waals surface area contributed by atoms with E-state index in [0.29, 0.717) is 33.3 Å². The monoisotopic (exact) mass is 586 g/mol. The van der Waals surface area contributed by atoms with Gasteiger partial charge in [-0.15, -0.1) is 11.3 Å². The zero-order valence-electron chi connectivity index (χ0n) is 21.2. The number of ether oxygens (including phenoxy) is 2. The van der Waals surface area contributed by atoms with E-state index in [1.807, 2.05) is 0 Å². The quantitative estimate of drug-likeness (QED) is 0.383. The van der Waals surface area contributed by atoms with Crippen LogP contribution < -0.4 is 16.0 Å². The number of amides is 4. The lowest BCUT2D eigenvalue weighted by Gasteiger charge is -2.35. The van der Waals surface area contributed by atoms with Gasteiger partial charge in [0, 0.05) is 46.1 Å². The molecule has 2 atom stereocenters. The van der Waals surface area contributed by atoms with Crippen LogP contribution in [0.3, 0.4) is 0 Å². The van der Waals surface area contributed by atoms with Gasteiger partial charge in [-0.1, -0.05) is 11.6 Å².